The minimum Gasteiger partial charge on any atom is -0.463 e. The van der Waals surface area contributed by atoms with E-state index in [1.165, 1.54) is 20.8 Å². The van der Waals surface area contributed by atoms with E-state index in [0.29, 0.717) is 0 Å². The molecule has 43 heavy (non-hydrogen) atoms. The van der Waals surface area contributed by atoms with Gasteiger partial charge in [-0.15, -0.1) is 0 Å². The fourth-order valence-electron chi connectivity index (χ4n) is 4.92. The van der Waals surface area contributed by atoms with Crippen molar-refractivity contribution in [2.45, 2.75) is 110 Å². The Balaban J connectivity index is 2.07. The first kappa shape index (κ1) is 33.7. The summed E-state index contributed by atoms with van der Waals surface area (Å²) < 4.78 is 50.8. The van der Waals surface area contributed by atoms with Crippen molar-refractivity contribution in [3.63, 3.8) is 0 Å². The number of nitrogens with zero attached hydrogens (tertiary/aromatic N) is 1. The summed E-state index contributed by atoms with van der Waals surface area (Å²) in [6.45, 7) is 7.61. The van der Waals surface area contributed by atoms with Crippen LogP contribution < -0.4 is 5.32 Å². The number of hydrogen-bond acceptors (Lipinski definition) is 16. The van der Waals surface area contributed by atoms with Crippen molar-refractivity contribution in [2.24, 2.45) is 4.99 Å². The molecular weight excluding hydrogens is 580 g/mol. The van der Waals surface area contributed by atoms with Crippen LogP contribution in [-0.4, -0.2) is 116 Å². The molecule has 0 aromatic heterocycles. The first-order valence-corrected chi connectivity index (χ1v) is 13.4. The summed E-state index contributed by atoms with van der Waals surface area (Å²) in [5.41, 5.74) is 0. The predicted molar refractivity (Wildman–Crippen MR) is 138 cm³/mol. The number of hydrogen-bond donors (Lipinski definition) is 1. The number of rotatable bonds is 10. The van der Waals surface area contributed by atoms with Crippen molar-refractivity contribution in [3.8, 4) is 0 Å². The van der Waals surface area contributed by atoms with Crippen LogP contribution in [0.1, 0.15) is 48.5 Å². The van der Waals surface area contributed by atoms with Crippen molar-refractivity contribution >= 4 is 41.7 Å². The largest absolute Gasteiger partial charge is 0.463 e. The second kappa shape index (κ2) is 14.6. The fourth-order valence-corrected chi connectivity index (χ4v) is 4.92. The number of esters is 5. The zero-order valence-electron chi connectivity index (χ0n) is 24.8. The standard InChI is InChI=1S/C26H36N2O15/c1-10(29)27-19-23(39-15(6)33)21(38-14(5)32)17(8-35-12(3)30)42-26(19)43-22-18(9-36-13(4)31)41-25-20(28-11(2)37-25)24(22)40-16(7)34/h17-26H,8-9H2,1-7H3,(H,27,29)/t17?,18?,19?,20?,21-,22-,23?,24?,25+,26+/m1/s1. The molecule has 17 heteroatoms. The third kappa shape index (κ3) is 9.08. The quantitative estimate of drug-likeness (QED) is 0.232. The van der Waals surface area contributed by atoms with Crippen LogP contribution in [0.4, 0.5) is 0 Å². The zero-order valence-corrected chi connectivity index (χ0v) is 24.8. The maximum atomic E-state index is 12.3. The van der Waals surface area contributed by atoms with E-state index < -0.39 is 104 Å². The number of aliphatic imine (C=N–C) groups is 1. The summed E-state index contributed by atoms with van der Waals surface area (Å²) in [6, 6.07) is -2.23. The lowest BCUT2D eigenvalue weighted by molar-refractivity contribution is -0.324. The van der Waals surface area contributed by atoms with E-state index in [1.54, 1.807) is 6.92 Å². The Morgan fingerprint density at radius 2 is 1.21 bits per heavy atom. The highest BCUT2D eigenvalue weighted by Crippen LogP contribution is 2.36. The van der Waals surface area contributed by atoms with Crippen molar-refractivity contribution < 1.29 is 71.4 Å². The van der Waals surface area contributed by atoms with Crippen LogP contribution in [0, 0.1) is 0 Å². The number of nitrogens with one attached hydrogen (secondary N) is 1. The molecule has 0 radical (unpaired) electrons. The second-order valence-electron chi connectivity index (χ2n) is 10.00. The number of carbonyl (C=O) groups is 6. The number of ether oxygens (including phenoxy) is 9. The Morgan fingerprint density at radius 3 is 1.72 bits per heavy atom. The molecule has 0 aromatic carbocycles. The fraction of sp³-hybridized carbons (Fsp3) is 0.731. The van der Waals surface area contributed by atoms with Gasteiger partial charge in [-0.25, -0.2) is 4.99 Å². The minimum absolute atomic E-state index is 0.240. The van der Waals surface area contributed by atoms with Crippen LogP contribution in [0.25, 0.3) is 0 Å². The molecule has 0 bridgehead atoms. The van der Waals surface area contributed by atoms with Gasteiger partial charge in [0.05, 0.1) is 0 Å². The van der Waals surface area contributed by atoms with Gasteiger partial charge in [-0.3, -0.25) is 28.8 Å². The molecule has 0 saturated carbocycles. The van der Waals surface area contributed by atoms with Gasteiger partial charge in [-0.1, -0.05) is 0 Å². The van der Waals surface area contributed by atoms with E-state index in [0.717, 1.165) is 20.8 Å². The first-order chi connectivity index (χ1) is 20.2. The van der Waals surface area contributed by atoms with Gasteiger partial charge >= 0.3 is 29.8 Å². The second-order valence-corrected chi connectivity index (χ2v) is 10.00. The Bertz CT molecular complexity index is 1130. The van der Waals surface area contributed by atoms with Gasteiger partial charge in [0.2, 0.25) is 12.2 Å². The van der Waals surface area contributed by atoms with E-state index >= 15 is 0 Å². The van der Waals surface area contributed by atoms with Gasteiger partial charge < -0.3 is 47.9 Å². The molecule has 0 aromatic rings. The Kier molecular flexibility index (Phi) is 11.4. The molecule has 6 unspecified atom stereocenters. The molecule has 3 aliphatic rings. The highest BCUT2D eigenvalue weighted by Gasteiger charge is 2.57. The lowest BCUT2D eigenvalue weighted by atomic mass is 9.94. The molecule has 0 spiro atoms. The van der Waals surface area contributed by atoms with E-state index in [2.05, 4.69) is 10.3 Å². The molecule has 2 fully saturated rings. The topological polar surface area (TPSA) is 210 Å². The molecule has 3 heterocycles. The van der Waals surface area contributed by atoms with Gasteiger partial charge in [-0.2, -0.15) is 0 Å². The van der Waals surface area contributed by atoms with E-state index in [4.69, 9.17) is 42.6 Å². The summed E-state index contributed by atoms with van der Waals surface area (Å²) in [5.74, 6) is -3.97. The zero-order chi connectivity index (χ0) is 32.0. The molecule has 1 N–H and O–H groups in total. The van der Waals surface area contributed by atoms with Crippen molar-refractivity contribution in [1.82, 2.24) is 5.32 Å². The molecule has 3 rings (SSSR count). The molecule has 1 amide bonds. The van der Waals surface area contributed by atoms with Crippen LogP contribution >= 0.6 is 0 Å². The number of fused-ring (bicyclic) bond motifs is 1. The van der Waals surface area contributed by atoms with Crippen molar-refractivity contribution in [1.29, 1.82) is 0 Å². The maximum absolute atomic E-state index is 12.3. The van der Waals surface area contributed by atoms with Crippen LogP contribution in [-0.2, 0) is 71.4 Å². The molecule has 0 aliphatic carbocycles. The Hall–Kier alpha value is -3.83. The molecular formula is C26H36N2O15. The molecule has 17 nitrogen and oxygen atoms in total. The molecule has 240 valence electrons. The van der Waals surface area contributed by atoms with Crippen molar-refractivity contribution in [3.05, 3.63) is 0 Å². The smallest absolute Gasteiger partial charge is 0.303 e. The SMILES string of the molecule is CC(=O)NC1C(OC(C)=O)[C@H](OC(C)=O)C(COC(C)=O)O[C@H]1O[C@@H]1C(COC(C)=O)O[C@@H]2OC(C)=NC2C1OC(C)=O. The monoisotopic (exact) mass is 616 g/mol. The first-order valence-electron chi connectivity index (χ1n) is 13.4. The highest BCUT2D eigenvalue weighted by atomic mass is 16.7. The Morgan fingerprint density at radius 1 is 0.698 bits per heavy atom. The molecule has 2 saturated heterocycles. The van der Waals surface area contributed by atoms with Crippen LogP contribution in [0.2, 0.25) is 0 Å². The highest BCUT2D eigenvalue weighted by molar-refractivity contribution is 5.75. The lowest BCUT2D eigenvalue weighted by Gasteiger charge is -2.48. The third-order valence-corrected chi connectivity index (χ3v) is 6.35. The maximum Gasteiger partial charge on any atom is 0.303 e. The van der Waals surface area contributed by atoms with Gasteiger partial charge in [0.25, 0.3) is 0 Å². The Labute approximate surface area is 246 Å². The number of carbonyl (C=O) groups excluding carboxylic acids is 6. The average Bonchev–Trinajstić information content (AvgIpc) is 3.25. The van der Waals surface area contributed by atoms with Gasteiger partial charge in [0, 0.05) is 48.5 Å². The van der Waals surface area contributed by atoms with E-state index in [9.17, 15) is 28.8 Å². The van der Waals surface area contributed by atoms with Crippen LogP contribution in [0.5, 0.6) is 0 Å². The predicted octanol–water partition coefficient (Wildman–Crippen LogP) is -0.935. The molecule has 3 aliphatic heterocycles. The lowest BCUT2D eigenvalue weighted by Crippen LogP contribution is -2.69. The number of amides is 1. The summed E-state index contributed by atoms with van der Waals surface area (Å²) in [6.07, 6.45) is -10.2. The van der Waals surface area contributed by atoms with Gasteiger partial charge in [0.15, 0.2) is 36.5 Å². The van der Waals surface area contributed by atoms with E-state index in [-0.39, 0.29) is 12.5 Å². The normalized spacial score (nSPS) is 33.0. The minimum atomic E-state index is -1.53. The van der Waals surface area contributed by atoms with Crippen molar-refractivity contribution in [2.75, 3.05) is 13.2 Å². The summed E-state index contributed by atoms with van der Waals surface area (Å²) in [5, 5.41) is 2.59. The summed E-state index contributed by atoms with van der Waals surface area (Å²) in [4.78, 5) is 76.4. The molecule has 10 atom stereocenters. The van der Waals surface area contributed by atoms with Crippen LogP contribution in [0.15, 0.2) is 4.99 Å². The van der Waals surface area contributed by atoms with Gasteiger partial charge in [0.1, 0.15) is 37.6 Å². The third-order valence-electron chi connectivity index (χ3n) is 6.35. The van der Waals surface area contributed by atoms with E-state index in [1.807, 2.05) is 0 Å². The summed E-state index contributed by atoms with van der Waals surface area (Å²) in [7, 11) is 0. The average molecular weight is 617 g/mol. The van der Waals surface area contributed by atoms with Gasteiger partial charge in [-0.05, 0) is 0 Å². The van der Waals surface area contributed by atoms with Crippen LogP contribution in [0.3, 0.4) is 0 Å². The summed E-state index contributed by atoms with van der Waals surface area (Å²) >= 11 is 0.